The van der Waals surface area contributed by atoms with Crippen LogP contribution >= 0.6 is 11.6 Å². The largest absolute Gasteiger partial charge is 0.360 e. The first-order valence-electron chi connectivity index (χ1n) is 8.36. The monoisotopic (exact) mass is 383 g/mol. The summed E-state index contributed by atoms with van der Waals surface area (Å²) in [6.07, 6.45) is 0.336. The van der Waals surface area contributed by atoms with Crippen molar-refractivity contribution in [2.75, 3.05) is 5.32 Å². The van der Waals surface area contributed by atoms with Crippen LogP contribution in [0.4, 0.5) is 5.82 Å². The molecule has 2 N–H and O–H groups in total. The third-order valence-electron chi connectivity index (χ3n) is 3.89. The Labute approximate surface area is 161 Å². The van der Waals surface area contributed by atoms with Gasteiger partial charge in [0.2, 0.25) is 5.91 Å². The summed E-state index contributed by atoms with van der Waals surface area (Å²) in [5.41, 5.74) is 1.34. The molecule has 0 unspecified atom stereocenters. The van der Waals surface area contributed by atoms with E-state index in [1.807, 2.05) is 30.3 Å². The van der Waals surface area contributed by atoms with Gasteiger partial charge >= 0.3 is 0 Å². The standard InChI is InChI=1S/C20H18ClN3O3/c1-13-11-18(24-27-13)23-20(26)17(12-14-5-3-2-4-6-14)22-19(25)15-7-9-16(21)10-8-15/h2-11,17H,12H2,1H3,(H,22,25)(H,23,24,26)/t17-/m0/s1. The number of aromatic nitrogens is 1. The third-order valence-corrected chi connectivity index (χ3v) is 4.14. The zero-order valence-corrected chi connectivity index (χ0v) is 15.4. The van der Waals surface area contributed by atoms with Crippen LogP contribution in [-0.2, 0) is 11.2 Å². The number of nitrogens with one attached hydrogen (secondary N) is 2. The molecule has 1 aromatic heterocycles. The Hall–Kier alpha value is -3.12. The molecule has 0 fully saturated rings. The maximum atomic E-state index is 12.7. The van der Waals surface area contributed by atoms with Gasteiger partial charge < -0.3 is 15.2 Å². The molecule has 3 aromatic rings. The van der Waals surface area contributed by atoms with Gasteiger partial charge in [0.05, 0.1) is 0 Å². The Morgan fingerprint density at radius 1 is 1.11 bits per heavy atom. The first-order valence-corrected chi connectivity index (χ1v) is 8.73. The normalized spacial score (nSPS) is 11.6. The highest BCUT2D eigenvalue weighted by Crippen LogP contribution is 2.12. The molecule has 6 nitrogen and oxygen atoms in total. The highest BCUT2D eigenvalue weighted by molar-refractivity contribution is 6.30. The maximum Gasteiger partial charge on any atom is 0.251 e. The van der Waals surface area contributed by atoms with Crippen molar-refractivity contribution < 1.29 is 14.1 Å². The van der Waals surface area contributed by atoms with Gasteiger partial charge in [-0.15, -0.1) is 0 Å². The van der Waals surface area contributed by atoms with Crippen molar-refractivity contribution >= 4 is 29.2 Å². The minimum absolute atomic E-state index is 0.302. The second-order valence-electron chi connectivity index (χ2n) is 6.03. The van der Waals surface area contributed by atoms with Crippen LogP contribution in [0.1, 0.15) is 21.7 Å². The number of hydrogen-bond acceptors (Lipinski definition) is 4. The van der Waals surface area contributed by atoms with E-state index < -0.39 is 6.04 Å². The highest BCUT2D eigenvalue weighted by Gasteiger charge is 2.23. The molecule has 3 rings (SSSR count). The second-order valence-corrected chi connectivity index (χ2v) is 6.47. The first kappa shape index (κ1) is 18.7. The van der Waals surface area contributed by atoms with Crippen LogP contribution in [0, 0.1) is 6.92 Å². The molecule has 7 heteroatoms. The van der Waals surface area contributed by atoms with Gasteiger partial charge in [-0.25, -0.2) is 0 Å². The molecule has 0 radical (unpaired) electrons. The van der Waals surface area contributed by atoms with Crippen molar-refractivity contribution in [3.63, 3.8) is 0 Å². The molecular formula is C20H18ClN3O3. The lowest BCUT2D eigenvalue weighted by Crippen LogP contribution is -2.45. The summed E-state index contributed by atoms with van der Waals surface area (Å²) in [6, 6.07) is 16.7. The van der Waals surface area contributed by atoms with Crippen LogP contribution in [0.5, 0.6) is 0 Å². The van der Waals surface area contributed by atoms with E-state index in [4.69, 9.17) is 16.1 Å². The van der Waals surface area contributed by atoms with Gasteiger partial charge in [-0.2, -0.15) is 0 Å². The van der Waals surface area contributed by atoms with Crippen molar-refractivity contribution in [1.82, 2.24) is 10.5 Å². The average Bonchev–Trinajstić information content (AvgIpc) is 3.07. The van der Waals surface area contributed by atoms with Gasteiger partial charge in [-0.3, -0.25) is 9.59 Å². The summed E-state index contributed by atoms with van der Waals surface area (Å²) < 4.78 is 4.96. The van der Waals surface area contributed by atoms with Crippen LogP contribution in [0.15, 0.2) is 65.2 Å². The van der Waals surface area contributed by atoms with E-state index in [2.05, 4.69) is 15.8 Å². The van der Waals surface area contributed by atoms with E-state index in [0.29, 0.717) is 28.6 Å². The molecule has 1 atom stereocenters. The molecular weight excluding hydrogens is 366 g/mol. The number of amides is 2. The fourth-order valence-corrected chi connectivity index (χ4v) is 2.67. The summed E-state index contributed by atoms with van der Waals surface area (Å²) in [4.78, 5) is 25.3. The molecule has 0 aliphatic carbocycles. The molecule has 0 aliphatic rings. The number of aryl methyl sites for hydroxylation is 1. The Morgan fingerprint density at radius 2 is 1.81 bits per heavy atom. The quantitative estimate of drug-likeness (QED) is 0.681. The van der Waals surface area contributed by atoms with Gasteiger partial charge in [0, 0.05) is 23.1 Å². The molecule has 0 saturated carbocycles. The summed E-state index contributed by atoms with van der Waals surface area (Å²) >= 11 is 5.86. The highest BCUT2D eigenvalue weighted by atomic mass is 35.5. The molecule has 0 bridgehead atoms. The summed E-state index contributed by atoms with van der Waals surface area (Å²) in [5.74, 6) is 0.139. The third kappa shape index (κ3) is 5.18. The van der Waals surface area contributed by atoms with E-state index in [-0.39, 0.29) is 11.8 Å². The van der Waals surface area contributed by atoms with Crippen molar-refractivity contribution in [1.29, 1.82) is 0 Å². The fourth-order valence-electron chi connectivity index (χ4n) is 2.54. The number of rotatable bonds is 6. The van der Waals surface area contributed by atoms with Gasteiger partial charge in [0.1, 0.15) is 11.8 Å². The second kappa shape index (κ2) is 8.51. The summed E-state index contributed by atoms with van der Waals surface area (Å²) in [6.45, 7) is 1.73. The molecule has 0 aliphatic heterocycles. The topological polar surface area (TPSA) is 84.2 Å². The van der Waals surface area contributed by atoms with E-state index in [0.717, 1.165) is 5.56 Å². The Bertz CT molecular complexity index is 923. The number of benzene rings is 2. The molecule has 0 spiro atoms. The van der Waals surface area contributed by atoms with Crippen LogP contribution in [-0.4, -0.2) is 23.0 Å². The predicted octanol–water partition coefficient (Wildman–Crippen LogP) is 3.62. The summed E-state index contributed by atoms with van der Waals surface area (Å²) in [7, 11) is 0. The minimum atomic E-state index is -0.785. The Morgan fingerprint density at radius 3 is 2.44 bits per heavy atom. The van der Waals surface area contributed by atoms with Gasteiger partial charge in [0.15, 0.2) is 5.82 Å². The van der Waals surface area contributed by atoms with E-state index in [1.165, 1.54) is 0 Å². The van der Waals surface area contributed by atoms with Gasteiger partial charge in [0.25, 0.3) is 5.91 Å². The van der Waals surface area contributed by atoms with Crippen LogP contribution in [0.25, 0.3) is 0 Å². The zero-order valence-electron chi connectivity index (χ0n) is 14.6. The van der Waals surface area contributed by atoms with E-state index >= 15 is 0 Å². The van der Waals surface area contributed by atoms with Crippen LogP contribution < -0.4 is 10.6 Å². The van der Waals surface area contributed by atoms with Crippen molar-refractivity contribution in [3.8, 4) is 0 Å². The zero-order chi connectivity index (χ0) is 19.2. The van der Waals surface area contributed by atoms with Crippen LogP contribution in [0.2, 0.25) is 5.02 Å². The molecule has 1 heterocycles. The molecule has 2 amide bonds. The van der Waals surface area contributed by atoms with Gasteiger partial charge in [-0.1, -0.05) is 47.1 Å². The predicted molar refractivity (Wildman–Crippen MR) is 103 cm³/mol. The number of carbonyl (C=O) groups excluding carboxylic acids is 2. The smallest absolute Gasteiger partial charge is 0.251 e. The Balaban J connectivity index is 1.76. The first-order chi connectivity index (χ1) is 13.0. The number of halogens is 1. The average molecular weight is 384 g/mol. The Kier molecular flexibility index (Phi) is 5.88. The lowest BCUT2D eigenvalue weighted by molar-refractivity contribution is -0.118. The van der Waals surface area contributed by atoms with Crippen molar-refractivity contribution in [2.24, 2.45) is 0 Å². The molecule has 0 saturated heterocycles. The van der Waals surface area contributed by atoms with Crippen molar-refractivity contribution in [3.05, 3.63) is 82.6 Å². The molecule has 138 valence electrons. The van der Waals surface area contributed by atoms with E-state index in [1.54, 1.807) is 37.3 Å². The van der Waals surface area contributed by atoms with Crippen molar-refractivity contribution in [2.45, 2.75) is 19.4 Å². The number of hydrogen-bond donors (Lipinski definition) is 2. The lowest BCUT2D eigenvalue weighted by Gasteiger charge is -2.18. The number of nitrogens with zero attached hydrogens (tertiary/aromatic N) is 1. The SMILES string of the molecule is Cc1cc(NC(=O)[C@H](Cc2ccccc2)NC(=O)c2ccc(Cl)cc2)no1. The fraction of sp³-hybridized carbons (Fsp3) is 0.150. The summed E-state index contributed by atoms with van der Waals surface area (Å²) in [5, 5.41) is 9.74. The number of carbonyl (C=O) groups is 2. The lowest BCUT2D eigenvalue weighted by atomic mass is 10.0. The maximum absolute atomic E-state index is 12.7. The minimum Gasteiger partial charge on any atom is -0.360 e. The van der Waals surface area contributed by atoms with Crippen LogP contribution in [0.3, 0.4) is 0 Å². The van der Waals surface area contributed by atoms with E-state index in [9.17, 15) is 9.59 Å². The molecule has 27 heavy (non-hydrogen) atoms. The van der Waals surface area contributed by atoms with Gasteiger partial charge in [-0.05, 0) is 36.8 Å². The molecule has 2 aromatic carbocycles. The number of anilines is 1.